The molecule has 0 spiro atoms. The monoisotopic (exact) mass is 247 g/mol. The highest BCUT2D eigenvalue weighted by Crippen LogP contribution is 2.25. The van der Waals surface area contributed by atoms with E-state index >= 15 is 0 Å². The van der Waals surface area contributed by atoms with E-state index in [1.54, 1.807) is 4.68 Å². The summed E-state index contributed by atoms with van der Waals surface area (Å²) in [5, 5.41) is 13.3. The van der Waals surface area contributed by atoms with Gasteiger partial charge in [-0.2, -0.15) is 10.4 Å². The number of nitriles is 1. The fourth-order valence-electron chi connectivity index (χ4n) is 2.66. The molecule has 0 unspecified atom stereocenters. The van der Waals surface area contributed by atoms with E-state index in [1.165, 1.54) is 38.5 Å². The van der Waals surface area contributed by atoms with Crippen LogP contribution in [0.25, 0.3) is 0 Å². The van der Waals surface area contributed by atoms with E-state index in [1.807, 2.05) is 14.0 Å². The fraction of sp³-hybridized carbons (Fsp3) is 0.714. The third kappa shape index (κ3) is 2.84. The normalized spacial score (nSPS) is 17.2. The minimum Gasteiger partial charge on any atom is -0.477 e. The average Bonchev–Trinajstić information content (AvgIpc) is 2.56. The molecule has 2 rings (SSSR count). The van der Waals surface area contributed by atoms with Crippen LogP contribution < -0.4 is 4.74 Å². The first-order valence-corrected chi connectivity index (χ1v) is 6.79. The Morgan fingerprint density at radius 1 is 1.33 bits per heavy atom. The van der Waals surface area contributed by atoms with Gasteiger partial charge in [0.15, 0.2) is 0 Å². The Morgan fingerprint density at radius 2 is 2.00 bits per heavy atom. The van der Waals surface area contributed by atoms with Gasteiger partial charge in [-0.1, -0.05) is 25.7 Å². The first-order chi connectivity index (χ1) is 8.72. The van der Waals surface area contributed by atoms with Gasteiger partial charge in [-0.25, -0.2) is 4.68 Å². The molecule has 1 saturated carbocycles. The van der Waals surface area contributed by atoms with E-state index in [9.17, 15) is 0 Å². The average molecular weight is 247 g/mol. The van der Waals surface area contributed by atoms with Gasteiger partial charge in [-0.05, 0) is 25.7 Å². The van der Waals surface area contributed by atoms with Crippen molar-refractivity contribution in [1.82, 2.24) is 9.78 Å². The van der Waals surface area contributed by atoms with Gasteiger partial charge in [0.25, 0.3) is 0 Å². The maximum absolute atomic E-state index is 9.11. The molecule has 0 bridgehead atoms. The minimum atomic E-state index is 0.575. The Bertz CT molecular complexity index is 437. The number of ether oxygens (including phenoxy) is 1. The van der Waals surface area contributed by atoms with Crippen molar-refractivity contribution < 1.29 is 4.74 Å². The van der Waals surface area contributed by atoms with Crippen molar-refractivity contribution in [2.24, 2.45) is 13.0 Å². The Morgan fingerprint density at radius 3 is 2.61 bits per heavy atom. The molecule has 18 heavy (non-hydrogen) atoms. The number of hydrogen-bond donors (Lipinski definition) is 0. The zero-order valence-electron chi connectivity index (χ0n) is 11.3. The van der Waals surface area contributed by atoms with Gasteiger partial charge in [0.2, 0.25) is 5.88 Å². The third-order valence-electron chi connectivity index (χ3n) is 3.71. The predicted molar refractivity (Wildman–Crippen MR) is 69.3 cm³/mol. The molecule has 1 aromatic rings. The standard InChI is InChI=1S/C14H21N3O/c1-11-13(9-15)14(17(2)16-11)18-10-12-7-5-3-4-6-8-12/h12H,3-8,10H2,1-2H3. The summed E-state index contributed by atoms with van der Waals surface area (Å²) in [5.74, 6) is 1.26. The molecule has 1 aromatic heterocycles. The van der Waals surface area contributed by atoms with E-state index in [0.29, 0.717) is 24.0 Å². The van der Waals surface area contributed by atoms with Crippen LogP contribution in [0.2, 0.25) is 0 Å². The minimum absolute atomic E-state index is 0.575. The van der Waals surface area contributed by atoms with Gasteiger partial charge in [-0.15, -0.1) is 0 Å². The lowest BCUT2D eigenvalue weighted by Gasteiger charge is -2.15. The van der Waals surface area contributed by atoms with Gasteiger partial charge in [0.05, 0.1) is 12.3 Å². The number of aryl methyl sites for hydroxylation is 2. The molecule has 4 nitrogen and oxygen atoms in total. The molecule has 1 heterocycles. The highest BCUT2D eigenvalue weighted by Gasteiger charge is 2.17. The SMILES string of the molecule is Cc1nn(C)c(OCC2CCCCCC2)c1C#N. The van der Waals surface area contributed by atoms with Crippen LogP contribution in [0.1, 0.15) is 49.8 Å². The van der Waals surface area contributed by atoms with Gasteiger partial charge in [0, 0.05) is 7.05 Å². The molecule has 0 aromatic carbocycles. The van der Waals surface area contributed by atoms with Gasteiger partial charge >= 0.3 is 0 Å². The van der Waals surface area contributed by atoms with Crippen molar-refractivity contribution >= 4 is 0 Å². The lowest BCUT2D eigenvalue weighted by Crippen LogP contribution is -2.13. The molecule has 0 aliphatic heterocycles. The van der Waals surface area contributed by atoms with E-state index in [2.05, 4.69) is 11.2 Å². The van der Waals surface area contributed by atoms with Gasteiger partial charge in [-0.3, -0.25) is 0 Å². The second-order valence-electron chi connectivity index (χ2n) is 5.17. The number of hydrogen-bond acceptors (Lipinski definition) is 3. The molecule has 0 amide bonds. The van der Waals surface area contributed by atoms with Crippen LogP contribution in [0.3, 0.4) is 0 Å². The molecule has 1 fully saturated rings. The Labute approximate surface area is 109 Å². The van der Waals surface area contributed by atoms with Crippen molar-refractivity contribution in [2.75, 3.05) is 6.61 Å². The number of aromatic nitrogens is 2. The summed E-state index contributed by atoms with van der Waals surface area (Å²) in [5.41, 5.74) is 1.32. The van der Waals surface area contributed by atoms with Crippen molar-refractivity contribution in [2.45, 2.75) is 45.4 Å². The maximum Gasteiger partial charge on any atom is 0.230 e. The summed E-state index contributed by atoms with van der Waals surface area (Å²) < 4.78 is 7.52. The molecule has 4 heteroatoms. The Hall–Kier alpha value is -1.50. The first kappa shape index (κ1) is 12.9. The predicted octanol–water partition coefficient (Wildman–Crippen LogP) is 2.95. The molecule has 1 aliphatic carbocycles. The Balaban J connectivity index is 1.99. The number of rotatable bonds is 3. The summed E-state index contributed by atoms with van der Waals surface area (Å²) in [6.45, 7) is 2.56. The molecular weight excluding hydrogens is 226 g/mol. The fourth-order valence-corrected chi connectivity index (χ4v) is 2.66. The quantitative estimate of drug-likeness (QED) is 0.772. The summed E-state index contributed by atoms with van der Waals surface area (Å²) >= 11 is 0. The van der Waals surface area contributed by atoms with E-state index in [4.69, 9.17) is 10.00 Å². The summed E-state index contributed by atoms with van der Waals surface area (Å²) in [6.07, 6.45) is 7.82. The van der Waals surface area contributed by atoms with Crippen molar-refractivity contribution in [3.8, 4) is 11.9 Å². The largest absolute Gasteiger partial charge is 0.477 e. The number of nitrogens with zero attached hydrogens (tertiary/aromatic N) is 3. The zero-order chi connectivity index (χ0) is 13.0. The molecule has 0 atom stereocenters. The second-order valence-corrected chi connectivity index (χ2v) is 5.17. The van der Waals surface area contributed by atoms with Crippen LogP contribution in [-0.4, -0.2) is 16.4 Å². The Kier molecular flexibility index (Phi) is 4.24. The topological polar surface area (TPSA) is 50.8 Å². The zero-order valence-corrected chi connectivity index (χ0v) is 11.3. The van der Waals surface area contributed by atoms with Crippen LogP contribution in [0.5, 0.6) is 5.88 Å². The molecule has 0 saturated heterocycles. The van der Waals surface area contributed by atoms with Crippen LogP contribution in [-0.2, 0) is 7.05 Å². The van der Waals surface area contributed by atoms with Crippen LogP contribution in [0.4, 0.5) is 0 Å². The smallest absolute Gasteiger partial charge is 0.230 e. The highest BCUT2D eigenvalue weighted by atomic mass is 16.5. The van der Waals surface area contributed by atoms with Crippen LogP contribution in [0, 0.1) is 24.2 Å². The maximum atomic E-state index is 9.11. The van der Waals surface area contributed by atoms with Crippen molar-refractivity contribution in [3.63, 3.8) is 0 Å². The molecule has 0 N–H and O–H groups in total. The summed E-state index contributed by atoms with van der Waals surface area (Å²) in [4.78, 5) is 0. The summed E-state index contributed by atoms with van der Waals surface area (Å²) in [7, 11) is 1.83. The lowest BCUT2D eigenvalue weighted by molar-refractivity contribution is 0.217. The van der Waals surface area contributed by atoms with Crippen molar-refractivity contribution in [1.29, 1.82) is 5.26 Å². The summed E-state index contributed by atoms with van der Waals surface area (Å²) in [6, 6.07) is 2.18. The first-order valence-electron chi connectivity index (χ1n) is 6.79. The van der Waals surface area contributed by atoms with Crippen LogP contribution in [0.15, 0.2) is 0 Å². The van der Waals surface area contributed by atoms with E-state index in [-0.39, 0.29) is 0 Å². The second kappa shape index (κ2) is 5.90. The van der Waals surface area contributed by atoms with Crippen LogP contribution >= 0.6 is 0 Å². The van der Waals surface area contributed by atoms with E-state index in [0.717, 1.165) is 5.69 Å². The van der Waals surface area contributed by atoms with E-state index < -0.39 is 0 Å². The highest BCUT2D eigenvalue weighted by molar-refractivity contribution is 5.41. The molecular formula is C14H21N3O. The van der Waals surface area contributed by atoms with Gasteiger partial charge < -0.3 is 4.74 Å². The molecule has 98 valence electrons. The molecule has 1 aliphatic rings. The van der Waals surface area contributed by atoms with Crippen molar-refractivity contribution in [3.05, 3.63) is 11.3 Å². The third-order valence-corrected chi connectivity index (χ3v) is 3.71. The van der Waals surface area contributed by atoms with Gasteiger partial charge in [0.1, 0.15) is 11.6 Å². The molecule has 0 radical (unpaired) electrons. The lowest BCUT2D eigenvalue weighted by atomic mass is 10.0.